The van der Waals surface area contributed by atoms with E-state index in [1.165, 1.54) is 6.92 Å². The van der Waals surface area contributed by atoms with Crippen molar-refractivity contribution in [2.45, 2.75) is 38.1 Å². The molecule has 0 N–H and O–H groups in total. The first-order valence-corrected chi connectivity index (χ1v) is 3.95. The van der Waals surface area contributed by atoms with Crippen LogP contribution in [0.4, 0.5) is 13.2 Å². The van der Waals surface area contributed by atoms with E-state index in [2.05, 4.69) is 4.74 Å². The molecule has 13 heavy (non-hydrogen) atoms. The second-order valence-corrected chi connectivity index (χ2v) is 3.48. The third-order valence-corrected chi connectivity index (χ3v) is 2.60. The number of nitrogens with zero attached hydrogens (tertiary/aromatic N) is 1. The smallest absolute Gasteiger partial charge is 0.347 e. The van der Waals surface area contributed by atoms with Gasteiger partial charge in [0.25, 0.3) is 0 Å². The van der Waals surface area contributed by atoms with Crippen LogP contribution >= 0.6 is 0 Å². The lowest BCUT2D eigenvalue weighted by Crippen LogP contribution is -2.46. The van der Waals surface area contributed by atoms with Crippen LogP contribution in [0.5, 0.6) is 0 Å². The molecule has 0 aromatic heterocycles. The lowest BCUT2D eigenvalue weighted by Gasteiger charge is -2.30. The second kappa shape index (κ2) is 2.88. The van der Waals surface area contributed by atoms with E-state index in [4.69, 9.17) is 5.26 Å². The van der Waals surface area contributed by atoms with E-state index in [-0.39, 0.29) is 6.42 Å². The van der Waals surface area contributed by atoms with Crippen LogP contribution in [0.2, 0.25) is 0 Å². The molecule has 1 aliphatic rings. The minimum absolute atomic E-state index is 0.145. The molecule has 0 bridgehead atoms. The topological polar surface area (TPSA) is 33.0 Å². The Balaban J connectivity index is 2.88. The Morgan fingerprint density at radius 2 is 2.08 bits per heavy atom. The monoisotopic (exact) mass is 193 g/mol. The molecule has 1 aliphatic heterocycles. The zero-order valence-corrected chi connectivity index (χ0v) is 7.35. The van der Waals surface area contributed by atoms with Gasteiger partial charge in [-0.25, -0.2) is 0 Å². The van der Waals surface area contributed by atoms with E-state index in [0.717, 1.165) is 6.92 Å². The summed E-state index contributed by atoms with van der Waals surface area (Å²) in [6.45, 7) is 2.44. The fourth-order valence-corrected chi connectivity index (χ4v) is 1.43. The van der Waals surface area contributed by atoms with E-state index < -0.39 is 23.8 Å². The molecule has 0 aliphatic carbocycles. The zero-order chi connectivity index (χ0) is 10.3. The van der Waals surface area contributed by atoms with Crippen molar-refractivity contribution >= 4 is 0 Å². The molecular weight excluding hydrogens is 183 g/mol. The number of alkyl halides is 3. The molecule has 1 saturated heterocycles. The summed E-state index contributed by atoms with van der Waals surface area (Å²) in [6.07, 6.45) is -5.19. The van der Waals surface area contributed by atoms with Crippen molar-refractivity contribution in [2.75, 3.05) is 0 Å². The summed E-state index contributed by atoms with van der Waals surface area (Å²) in [4.78, 5) is 0. The Bertz CT molecular complexity index is 245. The third-order valence-electron chi connectivity index (χ3n) is 2.60. The largest absolute Gasteiger partial charge is 0.417 e. The molecule has 1 heterocycles. The predicted molar refractivity (Wildman–Crippen MR) is 38.7 cm³/mol. The predicted octanol–water partition coefficient (Wildman–Crippen LogP) is 2.26. The Labute approximate surface area is 74.3 Å². The van der Waals surface area contributed by atoms with E-state index in [1.54, 1.807) is 6.07 Å². The number of hydrogen-bond donors (Lipinski definition) is 0. The summed E-state index contributed by atoms with van der Waals surface area (Å²) in [6, 6.07) is 1.70. The zero-order valence-electron chi connectivity index (χ0n) is 7.35. The van der Waals surface area contributed by atoms with Crippen LogP contribution in [-0.4, -0.2) is 17.9 Å². The van der Waals surface area contributed by atoms with E-state index in [0.29, 0.717) is 0 Å². The average Bonchev–Trinajstić information content (AvgIpc) is 2.28. The van der Waals surface area contributed by atoms with Crippen LogP contribution in [-0.2, 0) is 4.74 Å². The van der Waals surface area contributed by atoms with Crippen molar-refractivity contribution in [1.29, 1.82) is 5.26 Å². The Hall–Kier alpha value is -0.760. The molecule has 3 atom stereocenters. The average molecular weight is 193 g/mol. The number of nitriles is 1. The minimum atomic E-state index is -4.40. The Morgan fingerprint density at radius 1 is 1.54 bits per heavy atom. The first-order chi connectivity index (χ1) is 5.81. The van der Waals surface area contributed by atoms with Crippen LogP contribution in [0.3, 0.4) is 0 Å². The SMILES string of the molecule is CC1CC(C#N)OC1(C)C(F)(F)F. The standard InChI is InChI=1S/C8H10F3NO/c1-5-3-6(4-12)13-7(5,2)8(9,10)11/h5-6H,3H2,1-2H3. The van der Waals surface area contributed by atoms with Gasteiger partial charge in [-0.2, -0.15) is 18.4 Å². The van der Waals surface area contributed by atoms with Gasteiger partial charge in [0.15, 0.2) is 5.60 Å². The number of rotatable bonds is 0. The highest BCUT2D eigenvalue weighted by molar-refractivity contribution is 5.02. The molecular formula is C8H10F3NO. The van der Waals surface area contributed by atoms with Crippen LogP contribution in [0, 0.1) is 17.2 Å². The molecule has 1 rings (SSSR count). The summed E-state index contributed by atoms with van der Waals surface area (Å²) in [5, 5.41) is 8.44. The molecule has 0 aromatic carbocycles. The lowest BCUT2D eigenvalue weighted by atomic mass is 9.89. The first-order valence-electron chi connectivity index (χ1n) is 3.95. The fourth-order valence-electron chi connectivity index (χ4n) is 1.43. The summed E-state index contributed by atoms with van der Waals surface area (Å²) in [5.74, 6) is -0.669. The maximum atomic E-state index is 12.5. The fraction of sp³-hybridized carbons (Fsp3) is 0.875. The molecule has 3 unspecified atom stereocenters. The van der Waals surface area contributed by atoms with Gasteiger partial charge >= 0.3 is 6.18 Å². The molecule has 1 fully saturated rings. The van der Waals surface area contributed by atoms with Gasteiger partial charge in [-0.3, -0.25) is 0 Å². The molecule has 0 aromatic rings. The van der Waals surface area contributed by atoms with Crippen molar-refractivity contribution in [3.05, 3.63) is 0 Å². The van der Waals surface area contributed by atoms with E-state index in [9.17, 15) is 13.2 Å². The van der Waals surface area contributed by atoms with Crippen LogP contribution in [0.25, 0.3) is 0 Å². The highest BCUT2D eigenvalue weighted by Crippen LogP contribution is 2.46. The quantitative estimate of drug-likeness (QED) is 0.591. The highest BCUT2D eigenvalue weighted by atomic mass is 19.4. The van der Waals surface area contributed by atoms with Gasteiger partial charge in [-0.15, -0.1) is 0 Å². The normalized spacial score (nSPS) is 40.3. The molecule has 0 saturated carbocycles. The molecule has 0 radical (unpaired) electrons. The lowest BCUT2D eigenvalue weighted by molar-refractivity contribution is -0.270. The van der Waals surface area contributed by atoms with Gasteiger partial charge in [0.2, 0.25) is 0 Å². The molecule has 5 heteroatoms. The highest BCUT2D eigenvalue weighted by Gasteiger charge is 2.60. The van der Waals surface area contributed by atoms with Crippen molar-refractivity contribution in [2.24, 2.45) is 5.92 Å². The number of ether oxygens (including phenoxy) is 1. The van der Waals surface area contributed by atoms with E-state index >= 15 is 0 Å². The van der Waals surface area contributed by atoms with Gasteiger partial charge < -0.3 is 4.74 Å². The van der Waals surface area contributed by atoms with Gasteiger partial charge in [-0.05, 0) is 19.3 Å². The van der Waals surface area contributed by atoms with Crippen molar-refractivity contribution in [3.63, 3.8) is 0 Å². The summed E-state index contributed by atoms with van der Waals surface area (Å²) in [7, 11) is 0. The maximum Gasteiger partial charge on any atom is 0.417 e. The number of halogens is 3. The minimum Gasteiger partial charge on any atom is -0.347 e. The Kier molecular flexibility index (Phi) is 2.28. The third kappa shape index (κ3) is 1.51. The van der Waals surface area contributed by atoms with Crippen LogP contribution < -0.4 is 0 Å². The molecule has 74 valence electrons. The molecule has 0 amide bonds. The maximum absolute atomic E-state index is 12.5. The van der Waals surface area contributed by atoms with Crippen LogP contribution in [0.1, 0.15) is 20.3 Å². The molecule has 2 nitrogen and oxygen atoms in total. The summed E-state index contributed by atoms with van der Waals surface area (Å²) >= 11 is 0. The first kappa shape index (κ1) is 10.3. The van der Waals surface area contributed by atoms with Crippen molar-refractivity contribution in [3.8, 4) is 6.07 Å². The Morgan fingerprint density at radius 3 is 2.31 bits per heavy atom. The second-order valence-electron chi connectivity index (χ2n) is 3.48. The van der Waals surface area contributed by atoms with Gasteiger partial charge in [0.1, 0.15) is 6.10 Å². The van der Waals surface area contributed by atoms with Gasteiger partial charge in [-0.1, -0.05) is 6.92 Å². The van der Waals surface area contributed by atoms with Gasteiger partial charge in [0, 0.05) is 0 Å². The number of hydrogen-bond acceptors (Lipinski definition) is 2. The van der Waals surface area contributed by atoms with Crippen LogP contribution in [0.15, 0.2) is 0 Å². The molecule has 0 spiro atoms. The van der Waals surface area contributed by atoms with Crippen molar-refractivity contribution < 1.29 is 17.9 Å². The summed E-state index contributed by atoms with van der Waals surface area (Å²) in [5.41, 5.74) is -2.16. The van der Waals surface area contributed by atoms with Gasteiger partial charge in [0.05, 0.1) is 6.07 Å². The van der Waals surface area contributed by atoms with Crippen molar-refractivity contribution in [1.82, 2.24) is 0 Å². The van der Waals surface area contributed by atoms with E-state index in [1.807, 2.05) is 0 Å². The summed E-state index contributed by atoms with van der Waals surface area (Å²) < 4.78 is 42.1.